The lowest BCUT2D eigenvalue weighted by atomic mass is 9.94. The van der Waals surface area contributed by atoms with E-state index in [9.17, 15) is 9.59 Å². The molecule has 0 aromatic rings. The number of piperidine rings is 1. The molecule has 2 atom stereocenters. The fraction of sp³-hybridized carbons (Fsp3) is 0.857. The Morgan fingerprint density at radius 1 is 1.17 bits per heavy atom. The molecule has 0 spiro atoms. The Hall–Kier alpha value is -1.06. The number of hydrogen-bond acceptors (Lipinski definition) is 2. The van der Waals surface area contributed by atoms with Gasteiger partial charge in [0.25, 0.3) is 0 Å². The molecule has 2 aliphatic rings. The minimum Gasteiger partial charge on any atom is -0.329 e. The van der Waals surface area contributed by atoms with Gasteiger partial charge in [-0.05, 0) is 32.1 Å². The molecule has 0 aromatic carbocycles. The molecule has 0 bridgehead atoms. The van der Waals surface area contributed by atoms with Crippen LogP contribution in [0.2, 0.25) is 0 Å². The highest BCUT2D eigenvalue weighted by Crippen LogP contribution is 2.27. The monoisotopic (exact) mass is 252 g/mol. The summed E-state index contributed by atoms with van der Waals surface area (Å²) in [6, 6.07) is -0.371. The van der Waals surface area contributed by atoms with E-state index >= 15 is 0 Å². The molecule has 0 aromatic heterocycles. The van der Waals surface area contributed by atoms with E-state index in [1.807, 2.05) is 16.7 Å². The molecule has 102 valence electrons. The second-order valence-electron chi connectivity index (χ2n) is 5.35. The van der Waals surface area contributed by atoms with Gasteiger partial charge >= 0.3 is 0 Å². The van der Waals surface area contributed by atoms with E-state index in [0.29, 0.717) is 0 Å². The maximum Gasteiger partial charge on any atom is 0.246 e. The van der Waals surface area contributed by atoms with Gasteiger partial charge in [0.1, 0.15) is 12.1 Å². The van der Waals surface area contributed by atoms with Crippen LogP contribution < -0.4 is 0 Å². The van der Waals surface area contributed by atoms with Gasteiger partial charge in [-0.15, -0.1) is 0 Å². The van der Waals surface area contributed by atoms with E-state index in [1.54, 1.807) is 0 Å². The maximum atomic E-state index is 12.5. The molecule has 2 unspecified atom stereocenters. The van der Waals surface area contributed by atoms with Gasteiger partial charge in [0.2, 0.25) is 11.8 Å². The lowest BCUT2D eigenvalue weighted by Gasteiger charge is -2.46. The highest BCUT2D eigenvalue weighted by atomic mass is 16.2. The number of nitrogens with zero attached hydrogens (tertiary/aromatic N) is 2. The summed E-state index contributed by atoms with van der Waals surface area (Å²) in [7, 11) is 0. The highest BCUT2D eigenvalue weighted by Gasteiger charge is 2.45. The van der Waals surface area contributed by atoms with Gasteiger partial charge in [-0.2, -0.15) is 0 Å². The number of rotatable bonds is 4. The number of piperazine rings is 1. The van der Waals surface area contributed by atoms with Gasteiger partial charge in [-0.3, -0.25) is 9.59 Å². The molecule has 18 heavy (non-hydrogen) atoms. The second kappa shape index (κ2) is 5.72. The summed E-state index contributed by atoms with van der Waals surface area (Å²) in [5.74, 6) is 0.368. The Kier molecular flexibility index (Phi) is 4.25. The summed E-state index contributed by atoms with van der Waals surface area (Å²) in [6.45, 7) is 5.63. The highest BCUT2D eigenvalue weighted by molar-refractivity contribution is 5.97. The predicted molar refractivity (Wildman–Crippen MR) is 70.1 cm³/mol. The number of fused-ring (bicyclic) bond motifs is 1. The number of carbonyl (C=O) groups is 2. The van der Waals surface area contributed by atoms with Crippen molar-refractivity contribution < 1.29 is 9.59 Å². The summed E-state index contributed by atoms with van der Waals surface area (Å²) in [5.41, 5.74) is 0. The van der Waals surface area contributed by atoms with Crippen molar-refractivity contribution in [3.05, 3.63) is 0 Å². The molecule has 2 fully saturated rings. The average Bonchev–Trinajstić information content (AvgIpc) is 2.41. The molecule has 2 rings (SSSR count). The predicted octanol–water partition coefficient (Wildman–Crippen LogP) is 1.79. The minimum atomic E-state index is -0.210. The van der Waals surface area contributed by atoms with Crippen LogP contribution >= 0.6 is 0 Å². The van der Waals surface area contributed by atoms with Crippen LogP contribution in [0.3, 0.4) is 0 Å². The zero-order valence-electron chi connectivity index (χ0n) is 11.5. The van der Waals surface area contributed by atoms with Crippen LogP contribution in [0.4, 0.5) is 0 Å². The van der Waals surface area contributed by atoms with Crippen LogP contribution in [0.1, 0.15) is 52.4 Å². The first-order chi connectivity index (χ1) is 8.70. The van der Waals surface area contributed by atoms with E-state index in [4.69, 9.17) is 0 Å². The molecule has 2 heterocycles. The molecule has 0 saturated carbocycles. The lowest BCUT2D eigenvalue weighted by molar-refractivity contribution is -0.164. The van der Waals surface area contributed by atoms with E-state index in [-0.39, 0.29) is 23.9 Å². The zero-order chi connectivity index (χ0) is 13.1. The molecule has 0 N–H and O–H groups in total. The molecule has 2 aliphatic heterocycles. The van der Waals surface area contributed by atoms with Gasteiger partial charge in [0.05, 0.1) is 0 Å². The average molecular weight is 252 g/mol. The first kappa shape index (κ1) is 13.4. The Bertz CT molecular complexity index is 330. The third kappa shape index (κ3) is 2.25. The maximum absolute atomic E-state index is 12.5. The Balaban J connectivity index is 2.18. The lowest BCUT2D eigenvalue weighted by Crippen LogP contribution is -2.65. The molecule has 2 saturated heterocycles. The van der Waals surface area contributed by atoms with Gasteiger partial charge in [-0.1, -0.05) is 20.3 Å². The summed E-state index contributed by atoms with van der Waals surface area (Å²) >= 11 is 0. The topological polar surface area (TPSA) is 40.6 Å². The molecule has 4 heteroatoms. The Morgan fingerprint density at radius 3 is 2.61 bits per heavy atom. The fourth-order valence-corrected chi connectivity index (χ4v) is 3.11. The second-order valence-corrected chi connectivity index (χ2v) is 5.35. The number of unbranched alkanes of at least 4 members (excludes halogenated alkanes) is 1. The van der Waals surface area contributed by atoms with Gasteiger partial charge in [0.15, 0.2) is 0 Å². The van der Waals surface area contributed by atoms with Crippen LogP contribution in [0.15, 0.2) is 0 Å². The van der Waals surface area contributed by atoms with Crippen LogP contribution in [-0.4, -0.2) is 46.8 Å². The Labute approximate surface area is 109 Å². The van der Waals surface area contributed by atoms with Crippen molar-refractivity contribution in [1.29, 1.82) is 0 Å². The fourth-order valence-electron chi connectivity index (χ4n) is 3.11. The molecular formula is C14H24N2O2. The van der Waals surface area contributed by atoms with Crippen molar-refractivity contribution >= 4 is 11.8 Å². The van der Waals surface area contributed by atoms with Crippen LogP contribution in [0, 0.1) is 0 Å². The first-order valence-corrected chi connectivity index (χ1v) is 7.31. The summed E-state index contributed by atoms with van der Waals surface area (Å²) < 4.78 is 0. The minimum absolute atomic E-state index is 0.161. The summed E-state index contributed by atoms with van der Waals surface area (Å²) in [4.78, 5) is 28.6. The standard InChI is InChI=1S/C14H24N2O2/c1-3-5-9-15-11(4-2)13(17)16-10-7-6-8-12(16)14(15)18/h11-12H,3-10H2,1-2H3. The summed E-state index contributed by atoms with van der Waals surface area (Å²) in [6.07, 6.45) is 5.74. The van der Waals surface area contributed by atoms with E-state index < -0.39 is 0 Å². The van der Waals surface area contributed by atoms with Crippen LogP contribution in [0.25, 0.3) is 0 Å². The van der Waals surface area contributed by atoms with Crippen LogP contribution in [0.5, 0.6) is 0 Å². The summed E-state index contributed by atoms with van der Waals surface area (Å²) in [5, 5.41) is 0. The number of carbonyl (C=O) groups excluding carboxylic acids is 2. The quantitative estimate of drug-likeness (QED) is 0.765. The van der Waals surface area contributed by atoms with Crippen molar-refractivity contribution in [3.8, 4) is 0 Å². The molecule has 0 radical (unpaired) electrons. The first-order valence-electron chi connectivity index (χ1n) is 7.31. The number of amides is 2. The smallest absolute Gasteiger partial charge is 0.246 e. The van der Waals surface area contributed by atoms with E-state index in [1.165, 1.54) is 0 Å². The van der Waals surface area contributed by atoms with Gasteiger partial charge in [0, 0.05) is 13.1 Å². The zero-order valence-corrected chi connectivity index (χ0v) is 11.5. The van der Waals surface area contributed by atoms with Crippen molar-refractivity contribution in [1.82, 2.24) is 9.80 Å². The van der Waals surface area contributed by atoms with Crippen molar-refractivity contribution in [2.75, 3.05) is 13.1 Å². The van der Waals surface area contributed by atoms with Crippen molar-refractivity contribution in [3.63, 3.8) is 0 Å². The van der Waals surface area contributed by atoms with E-state index in [2.05, 4.69) is 6.92 Å². The van der Waals surface area contributed by atoms with E-state index in [0.717, 1.165) is 51.6 Å². The molecule has 0 aliphatic carbocycles. The van der Waals surface area contributed by atoms with Gasteiger partial charge in [-0.25, -0.2) is 0 Å². The molecule has 4 nitrogen and oxygen atoms in total. The van der Waals surface area contributed by atoms with Crippen molar-refractivity contribution in [2.24, 2.45) is 0 Å². The normalized spacial score (nSPS) is 28.6. The SMILES string of the molecule is CCCCN1C(=O)C2CCCCN2C(=O)C1CC. The largest absolute Gasteiger partial charge is 0.329 e. The molecule has 2 amide bonds. The molecular weight excluding hydrogens is 228 g/mol. The Morgan fingerprint density at radius 2 is 1.94 bits per heavy atom. The van der Waals surface area contributed by atoms with Crippen LogP contribution in [-0.2, 0) is 9.59 Å². The third-order valence-corrected chi connectivity index (χ3v) is 4.15. The van der Waals surface area contributed by atoms with Crippen molar-refractivity contribution in [2.45, 2.75) is 64.5 Å². The van der Waals surface area contributed by atoms with Gasteiger partial charge < -0.3 is 9.80 Å². The third-order valence-electron chi connectivity index (χ3n) is 4.15. The number of hydrogen-bond donors (Lipinski definition) is 0.